The number of fused-ring (bicyclic) bond motifs is 1. The molecule has 1 heterocycles. The van der Waals surface area contributed by atoms with Crippen molar-refractivity contribution in [3.05, 3.63) is 89.1 Å². The zero-order valence-electron chi connectivity index (χ0n) is 17.9. The van der Waals surface area contributed by atoms with Crippen LogP contribution in [0.5, 0.6) is 17.2 Å². The zero-order valence-corrected chi connectivity index (χ0v) is 17.9. The summed E-state index contributed by atoms with van der Waals surface area (Å²) in [4.78, 5) is 22.2. The molecule has 0 atom stereocenters. The molecule has 6 nitrogen and oxygen atoms in total. The fraction of sp³-hybridized carbons (Fsp3) is 0.154. The van der Waals surface area contributed by atoms with Crippen molar-refractivity contribution in [2.45, 2.75) is 13.2 Å². The number of carbonyl (C=O) groups is 2. The van der Waals surface area contributed by atoms with E-state index in [9.17, 15) is 9.59 Å². The third-order valence-electron chi connectivity index (χ3n) is 5.40. The summed E-state index contributed by atoms with van der Waals surface area (Å²) in [6, 6.07) is 19.1. The van der Waals surface area contributed by atoms with Gasteiger partial charge < -0.3 is 18.8 Å². The lowest BCUT2D eigenvalue weighted by Crippen LogP contribution is -2.01. The summed E-state index contributed by atoms with van der Waals surface area (Å²) in [7, 11) is 3.00. The van der Waals surface area contributed by atoms with E-state index in [4.69, 9.17) is 14.2 Å². The van der Waals surface area contributed by atoms with Gasteiger partial charge in [-0.05, 0) is 23.3 Å². The van der Waals surface area contributed by atoms with E-state index < -0.39 is 0 Å². The van der Waals surface area contributed by atoms with Crippen molar-refractivity contribution in [2.24, 2.45) is 0 Å². The van der Waals surface area contributed by atoms with Gasteiger partial charge in [0, 0.05) is 41.3 Å². The van der Waals surface area contributed by atoms with Crippen LogP contribution in [0.4, 0.5) is 0 Å². The highest BCUT2D eigenvalue weighted by Gasteiger charge is 2.13. The van der Waals surface area contributed by atoms with Crippen LogP contribution in [0, 0.1) is 0 Å². The molecule has 0 saturated carbocycles. The molecule has 1 aromatic heterocycles. The standard InChI is InChI=1S/C26H23NO5/c1-30-25-12-21(13-26(31-2)23(25)16-29)32-17-20-4-3-5-24-22(20)10-11-27(24)14-18-6-8-19(15-28)9-7-18/h3-13,15-16H,14,17H2,1-2H3. The average molecular weight is 429 g/mol. The van der Waals surface area contributed by atoms with Gasteiger partial charge >= 0.3 is 0 Å². The van der Waals surface area contributed by atoms with Crippen molar-refractivity contribution in [3.63, 3.8) is 0 Å². The topological polar surface area (TPSA) is 66.8 Å². The Hall–Kier alpha value is -4.06. The Labute approximate surface area is 185 Å². The lowest BCUT2D eigenvalue weighted by molar-refractivity contribution is 0.111. The average Bonchev–Trinajstić information content (AvgIpc) is 3.25. The highest BCUT2D eigenvalue weighted by Crippen LogP contribution is 2.33. The number of methoxy groups -OCH3 is 2. The largest absolute Gasteiger partial charge is 0.496 e. The van der Waals surface area contributed by atoms with E-state index in [0.29, 0.717) is 47.8 Å². The Bertz CT molecular complexity index is 1230. The summed E-state index contributed by atoms with van der Waals surface area (Å²) >= 11 is 0. The second-order valence-corrected chi connectivity index (χ2v) is 7.30. The van der Waals surface area contributed by atoms with Crippen molar-refractivity contribution in [2.75, 3.05) is 14.2 Å². The highest BCUT2D eigenvalue weighted by atomic mass is 16.5. The van der Waals surface area contributed by atoms with E-state index in [2.05, 4.69) is 16.7 Å². The van der Waals surface area contributed by atoms with E-state index in [0.717, 1.165) is 28.3 Å². The molecule has 4 aromatic rings. The van der Waals surface area contributed by atoms with Crippen molar-refractivity contribution < 1.29 is 23.8 Å². The van der Waals surface area contributed by atoms with E-state index in [1.807, 2.05) is 42.6 Å². The number of benzene rings is 3. The molecule has 0 bridgehead atoms. The smallest absolute Gasteiger partial charge is 0.157 e. The number of hydrogen-bond donors (Lipinski definition) is 0. The molecule has 0 fully saturated rings. The van der Waals surface area contributed by atoms with Gasteiger partial charge in [0.25, 0.3) is 0 Å². The van der Waals surface area contributed by atoms with Crippen LogP contribution in [-0.2, 0) is 13.2 Å². The monoisotopic (exact) mass is 429 g/mol. The minimum Gasteiger partial charge on any atom is -0.496 e. The first-order valence-corrected chi connectivity index (χ1v) is 10.1. The summed E-state index contributed by atoms with van der Waals surface area (Å²) in [6.07, 6.45) is 3.60. The maximum atomic E-state index is 11.3. The summed E-state index contributed by atoms with van der Waals surface area (Å²) in [6.45, 7) is 1.05. The van der Waals surface area contributed by atoms with Gasteiger partial charge in [-0.1, -0.05) is 36.4 Å². The molecule has 3 aromatic carbocycles. The Morgan fingerprint density at radius 2 is 1.59 bits per heavy atom. The molecule has 32 heavy (non-hydrogen) atoms. The minimum absolute atomic E-state index is 0.349. The number of carbonyl (C=O) groups excluding carboxylic acids is 2. The summed E-state index contributed by atoms with van der Waals surface area (Å²) in [5.74, 6) is 1.36. The Kier molecular flexibility index (Phi) is 6.22. The van der Waals surface area contributed by atoms with Crippen LogP contribution < -0.4 is 14.2 Å². The van der Waals surface area contributed by atoms with Gasteiger partial charge in [-0.15, -0.1) is 0 Å². The third kappa shape index (κ3) is 4.21. The molecule has 0 aliphatic carbocycles. The molecular weight excluding hydrogens is 406 g/mol. The first-order valence-electron chi connectivity index (χ1n) is 10.1. The van der Waals surface area contributed by atoms with E-state index in [-0.39, 0.29) is 0 Å². The molecule has 0 aliphatic rings. The van der Waals surface area contributed by atoms with Crippen molar-refractivity contribution in [1.29, 1.82) is 0 Å². The van der Waals surface area contributed by atoms with Crippen LogP contribution in [0.3, 0.4) is 0 Å². The van der Waals surface area contributed by atoms with E-state index >= 15 is 0 Å². The van der Waals surface area contributed by atoms with Crippen LogP contribution in [0.1, 0.15) is 31.8 Å². The highest BCUT2D eigenvalue weighted by molar-refractivity contribution is 5.85. The number of nitrogens with zero attached hydrogens (tertiary/aromatic N) is 1. The molecule has 0 N–H and O–H groups in total. The van der Waals surface area contributed by atoms with Gasteiger partial charge in [0.05, 0.1) is 19.8 Å². The zero-order chi connectivity index (χ0) is 22.5. The Morgan fingerprint density at radius 3 is 2.22 bits per heavy atom. The second kappa shape index (κ2) is 9.39. The summed E-state index contributed by atoms with van der Waals surface area (Å²) < 4.78 is 18.8. The molecule has 0 radical (unpaired) electrons. The van der Waals surface area contributed by atoms with Crippen LogP contribution >= 0.6 is 0 Å². The summed E-state index contributed by atoms with van der Waals surface area (Å²) in [5.41, 5.74) is 4.26. The first-order chi connectivity index (χ1) is 15.7. The number of ether oxygens (including phenoxy) is 3. The summed E-state index contributed by atoms with van der Waals surface area (Å²) in [5, 5.41) is 1.10. The van der Waals surface area contributed by atoms with Gasteiger partial charge in [-0.2, -0.15) is 0 Å². The minimum atomic E-state index is 0.349. The number of hydrogen-bond acceptors (Lipinski definition) is 5. The van der Waals surface area contributed by atoms with Gasteiger partial charge in [0.15, 0.2) is 6.29 Å². The van der Waals surface area contributed by atoms with Crippen molar-refractivity contribution >= 4 is 23.5 Å². The van der Waals surface area contributed by atoms with Gasteiger partial charge in [-0.3, -0.25) is 9.59 Å². The van der Waals surface area contributed by atoms with Crippen LogP contribution in [0.2, 0.25) is 0 Å². The number of rotatable bonds is 9. The molecule has 0 saturated heterocycles. The first kappa shape index (κ1) is 21.2. The fourth-order valence-electron chi connectivity index (χ4n) is 3.72. The Morgan fingerprint density at radius 1 is 0.875 bits per heavy atom. The van der Waals surface area contributed by atoms with E-state index in [1.165, 1.54) is 14.2 Å². The lowest BCUT2D eigenvalue weighted by atomic mass is 10.1. The molecule has 6 heteroatoms. The SMILES string of the molecule is COc1cc(OCc2cccc3c2ccn3Cc2ccc(C=O)cc2)cc(OC)c1C=O. The molecule has 0 spiro atoms. The third-order valence-corrected chi connectivity index (χ3v) is 5.40. The van der Waals surface area contributed by atoms with Crippen LogP contribution in [-0.4, -0.2) is 31.4 Å². The number of aldehydes is 2. The van der Waals surface area contributed by atoms with E-state index in [1.54, 1.807) is 12.1 Å². The maximum Gasteiger partial charge on any atom is 0.157 e. The predicted octanol–water partition coefficient (Wildman–Crippen LogP) is 4.91. The lowest BCUT2D eigenvalue weighted by Gasteiger charge is -2.13. The molecule has 162 valence electrons. The van der Waals surface area contributed by atoms with Gasteiger partial charge in [-0.25, -0.2) is 0 Å². The van der Waals surface area contributed by atoms with Gasteiger partial charge in [0.2, 0.25) is 0 Å². The van der Waals surface area contributed by atoms with Crippen molar-refractivity contribution in [3.8, 4) is 17.2 Å². The Balaban J connectivity index is 1.57. The predicted molar refractivity (Wildman–Crippen MR) is 122 cm³/mol. The number of aromatic nitrogens is 1. The second-order valence-electron chi connectivity index (χ2n) is 7.30. The molecule has 0 unspecified atom stereocenters. The van der Waals surface area contributed by atoms with Crippen LogP contribution in [0.15, 0.2) is 66.9 Å². The molecule has 0 amide bonds. The van der Waals surface area contributed by atoms with Crippen LogP contribution in [0.25, 0.3) is 10.9 Å². The molecule has 4 rings (SSSR count). The van der Waals surface area contributed by atoms with Gasteiger partial charge in [0.1, 0.15) is 30.1 Å². The molecular formula is C26H23NO5. The maximum absolute atomic E-state index is 11.3. The molecule has 0 aliphatic heterocycles. The van der Waals surface area contributed by atoms with Crippen molar-refractivity contribution in [1.82, 2.24) is 4.57 Å². The normalized spacial score (nSPS) is 10.7. The quantitative estimate of drug-likeness (QED) is 0.354. The fourth-order valence-corrected chi connectivity index (χ4v) is 3.72.